The highest BCUT2D eigenvalue weighted by Gasteiger charge is 2.18. The minimum Gasteiger partial charge on any atom is -0.467 e. The Morgan fingerprint density at radius 1 is 0.906 bits per heavy atom. The van der Waals surface area contributed by atoms with Crippen LogP contribution in [0.3, 0.4) is 0 Å². The first kappa shape index (κ1) is 20.3. The predicted octanol–water partition coefficient (Wildman–Crippen LogP) is 6.15. The molecule has 3 heterocycles. The number of nitrogens with zero attached hydrogens (tertiary/aromatic N) is 4. The second-order valence-electron chi connectivity index (χ2n) is 7.52. The summed E-state index contributed by atoms with van der Waals surface area (Å²) in [6, 6.07) is 22.1. The van der Waals surface area contributed by atoms with Gasteiger partial charge in [0.25, 0.3) is 0 Å². The zero-order valence-electron chi connectivity index (χ0n) is 17.9. The van der Waals surface area contributed by atoms with Crippen LogP contribution in [0.15, 0.2) is 87.0 Å². The zero-order chi connectivity index (χ0) is 21.9. The predicted molar refractivity (Wildman–Crippen MR) is 124 cm³/mol. The Morgan fingerprint density at radius 2 is 1.75 bits per heavy atom. The van der Waals surface area contributed by atoms with E-state index in [2.05, 4.69) is 39.9 Å². The molecule has 0 bridgehead atoms. The van der Waals surface area contributed by atoms with Gasteiger partial charge in [0.1, 0.15) is 11.5 Å². The molecule has 0 aliphatic heterocycles. The SMILES string of the molecule is Cc1cccc(-c2nnc(SCc3nc(-c4ccccc4)oc3C)n2Cc2ccco2)c1. The highest BCUT2D eigenvalue weighted by atomic mass is 32.2. The molecular weight excluding hydrogens is 420 g/mol. The maximum absolute atomic E-state index is 5.91. The van der Waals surface area contributed by atoms with Gasteiger partial charge in [-0.05, 0) is 44.2 Å². The fraction of sp³-hybridized carbons (Fsp3) is 0.160. The van der Waals surface area contributed by atoms with Crippen molar-refractivity contribution in [1.82, 2.24) is 19.7 Å². The van der Waals surface area contributed by atoms with Crippen LogP contribution in [0.5, 0.6) is 0 Å². The van der Waals surface area contributed by atoms with Crippen LogP contribution in [-0.4, -0.2) is 19.7 Å². The molecule has 5 aromatic rings. The van der Waals surface area contributed by atoms with Crippen LogP contribution in [0.4, 0.5) is 0 Å². The maximum Gasteiger partial charge on any atom is 0.226 e. The van der Waals surface area contributed by atoms with Crippen molar-refractivity contribution in [3.05, 3.63) is 95.8 Å². The van der Waals surface area contributed by atoms with Crippen molar-refractivity contribution >= 4 is 11.8 Å². The van der Waals surface area contributed by atoms with E-state index in [0.717, 1.165) is 39.3 Å². The monoisotopic (exact) mass is 442 g/mol. The van der Waals surface area contributed by atoms with Crippen molar-refractivity contribution in [3.63, 3.8) is 0 Å². The normalized spacial score (nSPS) is 11.2. The van der Waals surface area contributed by atoms with Gasteiger partial charge in [-0.25, -0.2) is 4.98 Å². The van der Waals surface area contributed by atoms with Crippen molar-refractivity contribution in [2.75, 3.05) is 0 Å². The van der Waals surface area contributed by atoms with Gasteiger partial charge in [0.2, 0.25) is 5.89 Å². The lowest BCUT2D eigenvalue weighted by atomic mass is 10.1. The molecule has 0 N–H and O–H groups in total. The first-order chi connectivity index (χ1) is 15.7. The maximum atomic E-state index is 5.91. The molecule has 0 radical (unpaired) electrons. The highest BCUT2D eigenvalue weighted by molar-refractivity contribution is 7.98. The van der Waals surface area contributed by atoms with Gasteiger partial charge in [-0.2, -0.15) is 0 Å². The van der Waals surface area contributed by atoms with E-state index in [4.69, 9.17) is 13.8 Å². The van der Waals surface area contributed by atoms with Crippen LogP contribution in [0.1, 0.15) is 22.8 Å². The molecule has 0 aliphatic carbocycles. The number of benzene rings is 2. The van der Waals surface area contributed by atoms with Gasteiger partial charge >= 0.3 is 0 Å². The van der Waals surface area contributed by atoms with Crippen LogP contribution >= 0.6 is 11.8 Å². The average Bonchev–Trinajstić information content (AvgIpc) is 3.54. The lowest BCUT2D eigenvalue weighted by molar-refractivity contribution is 0.485. The standard InChI is InChI=1S/C25H22N4O2S/c1-17-8-6-11-20(14-17)23-27-28-25(29(23)15-21-12-7-13-30-21)32-16-22-18(2)31-24(26-22)19-9-4-3-5-10-19/h3-14H,15-16H2,1-2H3. The third-order valence-electron chi connectivity index (χ3n) is 5.14. The topological polar surface area (TPSA) is 69.9 Å². The fourth-order valence-corrected chi connectivity index (χ4v) is 4.43. The molecular formula is C25H22N4O2S. The molecule has 0 atom stereocenters. The molecule has 3 aromatic heterocycles. The Labute approximate surface area is 190 Å². The van der Waals surface area contributed by atoms with Crippen molar-refractivity contribution in [3.8, 4) is 22.8 Å². The summed E-state index contributed by atoms with van der Waals surface area (Å²) >= 11 is 1.59. The minimum absolute atomic E-state index is 0.554. The molecule has 0 aliphatic rings. The van der Waals surface area contributed by atoms with Crippen molar-refractivity contribution < 1.29 is 8.83 Å². The average molecular weight is 443 g/mol. The molecule has 5 rings (SSSR count). The highest BCUT2D eigenvalue weighted by Crippen LogP contribution is 2.30. The summed E-state index contributed by atoms with van der Waals surface area (Å²) in [4.78, 5) is 4.71. The van der Waals surface area contributed by atoms with E-state index < -0.39 is 0 Å². The molecule has 2 aromatic carbocycles. The Kier molecular flexibility index (Phi) is 5.64. The van der Waals surface area contributed by atoms with Gasteiger partial charge < -0.3 is 8.83 Å². The van der Waals surface area contributed by atoms with E-state index in [0.29, 0.717) is 18.2 Å². The van der Waals surface area contributed by atoms with Crippen LogP contribution < -0.4 is 0 Å². The van der Waals surface area contributed by atoms with E-state index >= 15 is 0 Å². The smallest absolute Gasteiger partial charge is 0.226 e. The van der Waals surface area contributed by atoms with E-state index in [9.17, 15) is 0 Å². The van der Waals surface area contributed by atoms with Gasteiger partial charge in [-0.1, -0.05) is 53.7 Å². The largest absolute Gasteiger partial charge is 0.467 e. The summed E-state index contributed by atoms with van der Waals surface area (Å²) in [7, 11) is 0. The van der Waals surface area contributed by atoms with Crippen LogP contribution in [0.25, 0.3) is 22.8 Å². The van der Waals surface area contributed by atoms with Crippen molar-refractivity contribution in [1.29, 1.82) is 0 Å². The molecule has 160 valence electrons. The van der Waals surface area contributed by atoms with Gasteiger partial charge in [-0.3, -0.25) is 4.57 Å². The quantitative estimate of drug-likeness (QED) is 0.282. The second-order valence-corrected chi connectivity index (χ2v) is 8.46. The summed E-state index contributed by atoms with van der Waals surface area (Å²) in [5.74, 6) is 3.74. The van der Waals surface area contributed by atoms with Crippen LogP contribution in [-0.2, 0) is 12.3 Å². The number of hydrogen-bond donors (Lipinski definition) is 0. The lowest BCUT2D eigenvalue weighted by Gasteiger charge is -2.09. The molecule has 0 saturated heterocycles. The molecule has 0 fully saturated rings. The lowest BCUT2D eigenvalue weighted by Crippen LogP contribution is -2.03. The number of rotatable bonds is 7. The first-order valence-electron chi connectivity index (χ1n) is 10.3. The molecule has 7 heteroatoms. The Hall–Kier alpha value is -3.58. The third kappa shape index (κ3) is 4.24. The number of aromatic nitrogens is 4. The number of hydrogen-bond acceptors (Lipinski definition) is 6. The van der Waals surface area contributed by atoms with Gasteiger partial charge in [-0.15, -0.1) is 10.2 Å². The fourth-order valence-electron chi connectivity index (χ4n) is 3.49. The molecule has 0 unspecified atom stereocenters. The van der Waals surface area contributed by atoms with E-state index in [1.807, 2.05) is 55.5 Å². The molecule has 0 amide bonds. The molecule has 0 saturated carbocycles. The minimum atomic E-state index is 0.554. The number of oxazole rings is 1. The number of aryl methyl sites for hydroxylation is 2. The zero-order valence-corrected chi connectivity index (χ0v) is 18.7. The van der Waals surface area contributed by atoms with Crippen LogP contribution in [0, 0.1) is 13.8 Å². The van der Waals surface area contributed by atoms with E-state index in [1.54, 1.807) is 18.0 Å². The van der Waals surface area contributed by atoms with E-state index in [1.165, 1.54) is 5.56 Å². The van der Waals surface area contributed by atoms with Gasteiger partial charge in [0, 0.05) is 16.9 Å². The van der Waals surface area contributed by atoms with Gasteiger partial charge in [0.15, 0.2) is 11.0 Å². The molecule has 0 spiro atoms. The summed E-state index contributed by atoms with van der Waals surface area (Å²) in [6.07, 6.45) is 1.68. The Balaban J connectivity index is 1.43. The second kappa shape index (κ2) is 8.88. The molecule has 32 heavy (non-hydrogen) atoms. The summed E-state index contributed by atoms with van der Waals surface area (Å²) in [6.45, 7) is 4.57. The number of furan rings is 1. The van der Waals surface area contributed by atoms with Crippen LogP contribution in [0.2, 0.25) is 0 Å². The Bertz CT molecular complexity index is 1320. The summed E-state index contributed by atoms with van der Waals surface area (Å²) < 4.78 is 13.6. The van der Waals surface area contributed by atoms with Crippen molar-refractivity contribution in [2.45, 2.75) is 31.3 Å². The summed E-state index contributed by atoms with van der Waals surface area (Å²) in [5, 5.41) is 9.80. The van der Waals surface area contributed by atoms with E-state index in [-0.39, 0.29) is 0 Å². The summed E-state index contributed by atoms with van der Waals surface area (Å²) in [5.41, 5.74) is 4.07. The molecule has 6 nitrogen and oxygen atoms in total. The first-order valence-corrected chi connectivity index (χ1v) is 11.3. The third-order valence-corrected chi connectivity index (χ3v) is 6.12. The van der Waals surface area contributed by atoms with Crippen molar-refractivity contribution in [2.24, 2.45) is 0 Å². The Morgan fingerprint density at radius 3 is 2.53 bits per heavy atom. The van der Waals surface area contributed by atoms with Gasteiger partial charge in [0.05, 0.1) is 18.5 Å². The number of thioether (sulfide) groups is 1.